The van der Waals surface area contributed by atoms with E-state index in [0.29, 0.717) is 0 Å². The molecule has 1 heteroatoms. The van der Waals surface area contributed by atoms with Crippen molar-refractivity contribution in [1.29, 1.82) is 0 Å². The van der Waals surface area contributed by atoms with Gasteiger partial charge in [-0.2, -0.15) is 0 Å². The summed E-state index contributed by atoms with van der Waals surface area (Å²) in [6, 6.07) is 0. The normalized spacial score (nSPS) is 12.5. The molecule has 0 atom stereocenters. The summed E-state index contributed by atoms with van der Waals surface area (Å²) in [5.41, 5.74) is 1.35. The average Bonchev–Trinajstić information content (AvgIpc) is 2.14. The van der Waals surface area contributed by atoms with Crippen LogP contribution in [0.2, 0.25) is 0 Å². The van der Waals surface area contributed by atoms with Gasteiger partial charge in [0, 0.05) is 19.3 Å². The molecule has 0 radical (unpaired) electrons. The van der Waals surface area contributed by atoms with Crippen LogP contribution >= 0.6 is 0 Å². The number of nitrogens with zero attached hydrogens (tertiary/aromatic N) is 1. The quantitative estimate of drug-likeness (QED) is 0.566. The smallest absolute Gasteiger partial charge is 0.0319 e. The van der Waals surface area contributed by atoms with Crippen LogP contribution in [0.25, 0.3) is 0 Å². The van der Waals surface area contributed by atoms with Crippen LogP contribution < -0.4 is 0 Å². The molecule has 0 aliphatic heterocycles. The first-order valence-corrected chi connectivity index (χ1v) is 5.30. The third-order valence-corrected chi connectivity index (χ3v) is 2.04. The minimum absolute atomic E-state index is 1.11. The zero-order chi connectivity index (χ0) is 10.1. The number of likely N-dealkylation sites (N-methyl/N-ethyl adjacent to an activating group) is 1. The van der Waals surface area contributed by atoms with Gasteiger partial charge in [0.15, 0.2) is 0 Å². The molecule has 0 saturated heterocycles. The number of unbranched alkanes of at least 4 members (excludes halogenated alkanes) is 1. The van der Waals surface area contributed by atoms with E-state index in [1.54, 1.807) is 0 Å². The fraction of sp³-hybridized carbons (Fsp3) is 0.667. The van der Waals surface area contributed by atoms with Gasteiger partial charge in [0.1, 0.15) is 0 Å². The molecular formula is C12H23N. The van der Waals surface area contributed by atoms with Crippen molar-refractivity contribution in [3.63, 3.8) is 0 Å². The van der Waals surface area contributed by atoms with Gasteiger partial charge in [-0.15, -0.1) is 0 Å². The molecule has 0 saturated carbocycles. The summed E-state index contributed by atoms with van der Waals surface area (Å²) in [6.07, 6.45) is 10.2. The molecular weight excluding hydrogens is 158 g/mol. The first-order valence-electron chi connectivity index (χ1n) is 5.30. The summed E-state index contributed by atoms with van der Waals surface area (Å²) in [5.74, 6) is 0. The lowest BCUT2D eigenvalue weighted by molar-refractivity contribution is 0.416. The highest BCUT2D eigenvalue weighted by molar-refractivity contribution is 5.16. The van der Waals surface area contributed by atoms with E-state index in [-0.39, 0.29) is 0 Å². The molecule has 0 amide bonds. The molecule has 0 bridgehead atoms. The number of hydrogen-bond acceptors (Lipinski definition) is 1. The van der Waals surface area contributed by atoms with Gasteiger partial charge in [-0.3, -0.25) is 0 Å². The van der Waals surface area contributed by atoms with Crippen LogP contribution in [-0.4, -0.2) is 18.5 Å². The fourth-order valence-corrected chi connectivity index (χ4v) is 1.26. The van der Waals surface area contributed by atoms with Crippen molar-refractivity contribution < 1.29 is 0 Å². The minimum Gasteiger partial charge on any atom is -0.375 e. The third-order valence-electron chi connectivity index (χ3n) is 2.04. The molecule has 0 aromatic heterocycles. The SMILES string of the molecule is C/C=C\C(=C/CC)N(C)CCCC. The van der Waals surface area contributed by atoms with Crippen molar-refractivity contribution >= 4 is 0 Å². The highest BCUT2D eigenvalue weighted by Gasteiger charge is 1.98. The van der Waals surface area contributed by atoms with E-state index >= 15 is 0 Å². The second-order valence-electron chi connectivity index (χ2n) is 3.31. The van der Waals surface area contributed by atoms with E-state index in [1.807, 2.05) is 0 Å². The highest BCUT2D eigenvalue weighted by atomic mass is 15.1. The summed E-state index contributed by atoms with van der Waals surface area (Å²) >= 11 is 0. The Balaban J connectivity index is 4.11. The molecule has 0 fully saturated rings. The van der Waals surface area contributed by atoms with Gasteiger partial charge in [-0.25, -0.2) is 0 Å². The summed E-state index contributed by atoms with van der Waals surface area (Å²) in [7, 11) is 2.16. The fourth-order valence-electron chi connectivity index (χ4n) is 1.26. The zero-order valence-electron chi connectivity index (χ0n) is 9.51. The van der Waals surface area contributed by atoms with Crippen molar-refractivity contribution in [3.8, 4) is 0 Å². The third kappa shape index (κ3) is 5.51. The van der Waals surface area contributed by atoms with Crippen LogP contribution in [0.3, 0.4) is 0 Å². The molecule has 0 unspecified atom stereocenters. The molecule has 0 spiro atoms. The second kappa shape index (κ2) is 7.90. The monoisotopic (exact) mass is 181 g/mol. The summed E-state index contributed by atoms with van der Waals surface area (Å²) in [5, 5.41) is 0. The number of hydrogen-bond donors (Lipinski definition) is 0. The maximum Gasteiger partial charge on any atom is 0.0319 e. The van der Waals surface area contributed by atoms with Crippen LogP contribution in [0.4, 0.5) is 0 Å². The largest absolute Gasteiger partial charge is 0.375 e. The molecule has 76 valence electrons. The summed E-state index contributed by atoms with van der Waals surface area (Å²) in [4.78, 5) is 2.33. The van der Waals surface area contributed by atoms with E-state index < -0.39 is 0 Å². The summed E-state index contributed by atoms with van der Waals surface area (Å²) < 4.78 is 0. The molecule has 0 heterocycles. The van der Waals surface area contributed by atoms with Gasteiger partial charge in [0.05, 0.1) is 0 Å². The van der Waals surface area contributed by atoms with Gasteiger partial charge < -0.3 is 4.90 Å². The van der Waals surface area contributed by atoms with Gasteiger partial charge in [0.25, 0.3) is 0 Å². The van der Waals surface area contributed by atoms with E-state index in [2.05, 4.69) is 50.9 Å². The van der Waals surface area contributed by atoms with Crippen LogP contribution in [-0.2, 0) is 0 Å². The van der Waals surface area contributed by atoms with Crippen molar-refractivity contribution in [2.75, 3.05) is 13.6 Å². The van der Waals surface area contributed by atoms with Crippen LogP contribution in [0.5, 0.6) is 0 Å². The number of allylic oxidation sites excluding steroid dienone is 3. The van der Waals surface area contributed by atoms with Crippen LogP contribution in [0.15, 0.2) is 23.9 Å². The second-order valence-corrected chi connectivity index (χ2v) is 3.31. The van der Waals surface area contributed by atoms with Gasteiger partial charge >= 0.3 is 0 Å². The van der Waals surface area contributed by atoms with E-state index in [4.69, 9.17) is 0 Å². The lowest BCUT2D eigenvalue weighted by Gasteiger charge is -2.20. The Morgan fingerprint density at radius 2 is 2.00 bits per heavy atom. The lowest BCUT2D eigenvalue weighted by Crippen LogP contribution is -2.17. The molecule has 0 aliphatic carbocycles. The van der Waals surface area contributed by atoms with Crippen molar-refractivity contribution in [1.82, 2.24) is 4.90 Å². The molecule has 13 heavy (non-hydrogen) atoms. The maximum atomic E-state index is 2.33. The molecule has 0 aliphatic rings. The topological polar surface area (TPSA) is 3.24 Å². The Morgan fingerprint density at radius 3 is 2.46 bits per heavy atom. The Bertz CT molecular complexity index is 168. The summed E-state index contributed by atoms with van der Waals surface area (Å²) in [6.45, 7) is 7.63. The van der Waals surface area contributed by atoms with Crippen molar-refractivity contribution in [2.45, 2.75) is 40.0 Å². The van der Waals surface area contributed by atoms with Crippen LogP contribution in [0, 0.1) is 0 Å². The predicted molar refractivity (Wildman–Crippen MR) is 60.7 cm³/mol. The van der Waals surface area contributed by atoms with Crippen molar-refractivity contribution in [2.24, 2.45) is 0 Å². The Labute approximate surface area is 83.1 Å². The molecule has 0 aromatic carbocycles. The molecule has 0 N–H and O–H groups in total. The lowest BCUT2D eigenvalue weighted by atomic mass is 10.2. The Morgan fingerprint density at radius 1 is 1.31 bits per heavy atom. The van der Waals surface area contributed by atoms with Crippen LogP contribution in [0.1, 0.15) is 40.0 Å². The Hall–Kier alpha value is -0.720. The van der Waals surface area contributed by atoms with E-state index in [9.17, 15) is 0 Å². The number of rotatable bonds is 6. The average molecular weight is 181 g/mol. The predicted octanol–water partition coefficient (Wildman–Crippen LogP) is 3.59. The minimum atomic E-state index is 1.11. The first-order chi connectivity index (χ1) is 6.26. The first kappa shape index (κ1) is 12.3. The zero-order valence-corrected chi connectivity index (χ0v) is 9.51. The van der Waals surface area contributed by atoms with Gasteiger partial charge in [-0.05, 0) is 25.8 Å². The van der Waals surface area contributed by atoms with Gasteiger partial charge in [0.2, 0.25) is 0 Å². The molecule has 0 aromatic rings. The molecule has 0 rings (SSSR count). The van der Waals surface area contributed by atoms with E-state index in [0.717, 1.165) is 13.0 Å². The van der Waals surface area contributed by atoms with Crippen molar-refractivity contribution in [3.05, 3.63) is 23.9 Å². The maximum absolute atomic E-state index is 2.33. The standard InChI is InChI=1S/C12H23N/c1-5-8-11-13(4)12(9-6-2)10-7-3/h6,9-10H,5,7-8,11H2,1-4H3/b9-6-,12-10+. The Kier molecular flexibility index (Phi) is 7.47. The highest BCUT2D eigenvalue weighted by Crippen LogP contribution is 2.06. The van der Waals surface area contributed by atoms with E-state index in [1.165, 1.54) is 18.5 Å². The van der Waals surface area contributed by atoms with Gasteiger partial charge in [-0.1, -0.05) is 32.4 Å². The molecule has 1 nitrogen and oxygen atoms in total.